The molecule has 4 nitrogen and oxygen atoms in total. The van der Waals surface area contributed by atoms with Gasteiger partial charge in [0.25, 0.3) is 5.69 Å². The molecular formula is C11H14ClNO3S. The molecule has 94 valence electrons. The fraction of sp³-hybridized carbons (Fsp3) is 0.455. The Hall–Kier alpha value is -0.780. The Labute approximate surface area is 109 Å². The topological polar surface area (TPSA) is 63.4 Å². The lowest BCUT2D eigenvalue weighted by Crippen LogP contribution is -2.15. The number of aryl methyl sites for hydroxylation is 1. The summed E-state index contributed by atoms with van der Waals surface area (Å²) >= 11 is 7.30. The van der Waals surface area contributed by atoms with Crippen LogP contribution in [-0.4, -0.2) is 21.4 Å². The quantitative estimate of drug-likeness (QED) is 0.519. The molecule has 0 saturated carbocycles. The molecule has 1 aromatic rings. The molecule has 1 aromatic carbocycles. The van der Waals surface area contributed by atoms with E-state index in [-0.39, 0.29) is 16.0 Å². The zero-order valence-electron chi connectivity index (χ0n) is 9.81. The molecule has 0 heterocycles. The van der Waals surface area contributed by atoms with Crippen molar-refractivity contribution in [2.75, 3.05) is 0 Å². The van der Waals surface area contributed by atoms with Crippen LogP contribution in [0.3, 0.4) is 0 Å². The van der Waals surface area contributed by atoms with Crippen LogP contribution >= 0.6 is 23.4 Å². The standard InChI is InChI=1S/C11H14ClNO3S/c1-6-4-10(13(15)16)9(12)5-11(6)17-8(3)7(2)14/h4-5,7-8,14H,1-3H3. The van der Waals surface area contributed by atoms with Gasteiger partial charge in [-0.2, -0.15) is 0 Å². The first kappa shape index (κ1) is 14.3. The molecule has 0 bridgehead atoms. The van der Waals surface area contributed by atoms with Crippen molar-refractivity contribution in [3.05, 3.63) is 32.8 Å². The Morgan fingerprint density at radius 1 is 1.47 bits per heavy atom. The Balaban J connectivity index is 3.03. The van der Waals surface area contributed by atoms with Gasteiger partial charge >= 0.3 is 0 Å². The van der Waals surface area contributed by atoms with Crippen molar-refractivity contribution in [3.8, 4) is 0 Å². The normalized spacial score (nSPS) is 14.4. The lowest BCUT2D eigenvalue weighted by atomic mass is 10.2. The maximum absolute atomic E-state index is 10.7. The third-order valence-corrected chi connectivity index (χ3v) is 4.20. The van der Waals surface area contributed by atoms with Crippen molar-refractivity contribution in [1.82, 2.24) is 0 Å². The number of aliphatic hydroxyl groups excluding tert-OH is 1. The van der Waals surface area contributed by atoms with Crippen LogP contribution in [0.1, 0.15) is 19.4 Å². The SMILES string of the molecule is Cc1cc([N+](=O)[O-])c(Cl)cc1SC(C)C(C)O. The van der Waals surface area contributed by atoms with E-state index in [1.807, 2.05) is 6.92 Å². The van der Waals surface area contributed by atoms with E-state index in [4.69, 9.17) is 11.6 Å². The summed E-state index contributed by atoms with van der Waals surface area (Å²) in [5.41, 5.74) is 0.705. The van der Waals surface area contributed by atoms with Crippen LogP contribution in [0.25, 0.3) is 0 Å². The zero-order valence-corrected chi connectivity index (χ0v) is 11.4. The van der Waals surface area contributed by atoms with Gasteiger partial charge in [0.2, 0.25) is 0 Å². The van der Waals surface area contributed by atoms with Crippen LogP contribution in [0.15, 0.2) is 17.0 Å². The van der Waals surface area contributed by atoms with E-state index in [0.29, 0.717) is 0 Å². The minimum absolute atomic E-state index is 0.00576. The first-order chi connectivity index (χ1) is 7.82. The van der Waals surface area contributed by atoms with Crippen molar-refractivity contribution < 1.29 is 10.0 Å². The van der Waals surface area contributed by atoms with E-state index in [9.17, 15) is 15.2 Å². The van der Waals surface area contributed by atoms with Gasteiger partial charge in [0.15, 0.2) is 0 Å². The van der Waals surface area contributed by atoms with Crippen LogP contribution in [0.5, 0.6) is 0 Å². The molecule has 1 N–H and O–H groups in total. The molecule has 0 aliphatic heterocycles. The fourth-order valence-corrected chi connectivity index (χ4v) is 2.54. The van der Waals surface area contributed by atoms with E-state index in [0.717, 1.165) is 10.5 Å². The predicted octanol–water partition coefficient (Wildman–Crippen LogP) is 3.42. The molecular weight excluding hydrogens is 262 g/mol. The second-order valence-corrected chi connectivity index (χ2v) is 5.72. The summed E-state index contributed by atoms with van der Waals surface area (Å²) in [5.74, 6) is 0. The molecule has 0 amide bonds. The number of benzene rings is 1. The van der Waals surface area contributed by atoms with Gasteiger partial charge < -0.3 is 5.11 Å². The number of nitro benzene ring substituents is 1. The number of halogens is 1. The van der Waals surface area contributed by atoms with Crippen molar-refractivity contribution in [1.29, 1.82) is 0 Å². The summed E-state index contributed by atoms with van der Waals surface area (Å²) in [6, 6.07) is 3.04. The molecule has 0 saturated heterocycles. The highest BCUT2D eigenvalue weighted by Crippen LogP contribution is 2.35. The van der Waals surface area contributed by atoms with Crippen molar-refractivity contribution in [3.63, 3.8) is 0 Å². The molecule has 17 heavy (non-hydrogen) atoms. The molecule has 0 aliphatic carbocycles. The van der Waals surface area contributed by atoms with Gasteiger partial charge in [0, 0.05) is 16.2 Å². The number of thioether (sulfide) groups is 1. The van der Waals surface area contributed by atoms with Gasteiger partial charge in [-0.1, -0.05) is 18.5 Å². The number of rotatable bonds is 4. The lowest BCUT2D eigenvalue weighted by molar-refractivity contribution is -0.384. The zero-order chi connectivity index (χ0) is 13.2. The second-order valence-electron chi connectivity index (χ2n) is 3.89. The summed E-state index contributed by atoms with van der Waals surface area (Å²) in [4.78, 5) is 11.0. The first-order valence-corrected chi connectivity index (χ1v) is 6.38. The van der Waals surface area contributed by atoms with Crippen LogP contribution in [0.4, 0.5) is 5.69 Å². The lowest BCUT2D eigenvalue weighted by Gasteiger charge is -2.15. The van der Waals surface area contributed by atoms with Crippen LogP contribution in [-0.2, 0) is 0 Å². The summed E-state index contributed by atoms with van der Waals surface area (Å²) in [5, 5.41) is 20.2. The highest BCUT2D eigenvalue weighted by molar-refractivity contribution is 8.00. The van der Waals surface area contributed by atoms with Crippen LogP contribution in [0, 0.1) is 17.0 Å². The maximum atomic E-state index is 10.7. The largest absolute Gasteiger partial charge is 0.392 e. The number of hydrogen-bond donors (Lipinski definition) is 1. The molecule has 0 spiro atoms. The van der Waals surface area contributed by atoms with Gasteiger partial charge in [0.05, 0.1) is 11.0 Å². The fourth-order valence-electron chi connectivity index (χ4n) is 1.21. The van der Waals surface area contributed by atoms with Gasteiger partial charge in [0.1, 0.15) is 5.02 Å². The summed E-state index contributed by atoms with van der Waals surface area (Å²) in [6.45, 7) is 5.39. The van der Waals surface area contributed by atoms with Gasteiger partial charge in [-0.25, -0.2) is 0 Å². The monoisotopic (exact) mass is 275 g/mol. The summed E-state index contributed by atoms with van der Waals surface area (Å²) < 4.78 is 0. The van der Waals surface area contributed by atoms with Gasteiger partial charge in [-0.15, -0.1) is 11.8 Å². The molecule has 6 heteroatoms. The minimum atomic E-state index is -0.498. The molecule has 2 unspecified atom stereocenters. The van der Waals surface area contributed by atoms with E-state index >= 15 is 0 Å². The smallest absolute Gasteiger partial charge is 0.288 e. The highest BCUT2D eigenvalue weighted by Gasteiger charge is 2.18. The number of aliphatic hydroxyl groups is 1. The minimum Gasteiger partial charge on any atom is -0.392 e. The van der Waals surface area contributed by atoms with E-state index < -0.39 is 11.0 Å². The average Bonchev–Trinajstić information content (AvgIpc) is 2.22. The van der Waals surface area contributed by atoms with E-state index in [1.165, 1.54) is 17.8 Å². The predicted molar refractivity (Wildman–Crippen MR) is 69.8 cm³/mol. The number of hydrogen-bond acceptors (Lipinski definition) is 4. The molecule has 0 aromatic heterocycles. The van der Waals surface area contributed by atoms with E-state index in [1.54, 1.807) is 19.9 Å². The molecule has 0 fully saturated rings. The Kier molecular flexibility index (Phi) is 4.80. The first-order valence-electron chi connectivity index (χ1n) is 5.12. The van der Waals surface area contributed by atoms with Crippen molar-refractivity contribution >= 4 is 29.1 Å². The van der Waals surface area contributed by atoms with Crippen molar-refractivity contribution in [2.24, 2.45) is 0 Å². The van der Waals surface area contributed by atoms with Gasteiger partial charge in [-0.05, 0) is 25.5 Å². The third kappa shape index (κ3) is 3.59. The third-order valence-electron chi connectivity index (χ3n) is 2.43. The number of nitro groups is 1. The Bertz CT molecular complexity index is 437. The average molecular weight is 276 g/mol. The summed E-state index contributed by atoms with van der Waals surface area (Å²) in [7, 11) is 0. The molecule has 0 aliphatic rings. The molecule has 1 rings (SSSR count). The number of nitrogens with zero attached hydrogens (tertiary/aromatic N) is 1. The molecule has 0 radical (unpaired) electrons. The van der Waals surface area contributed by atoms with Crippen LogP contribution in [0.2, 0.25) is 5.02 Å². The second kappa shape index (κ2) is 5.71. The molecule has 2 atom stereocenters. The van der Waals surface area contributed by atoms with Crippen molar-refractivity contribution in [2.45, 2.75) is 37.0 Å². The Morgan fingerprint density at radius 3 is 2.53 bits per heavy atom. The Morgan fingerprint density at radius 2 is 2.06 bits per heavy atom. The van der Waals surface area contributed by atoms with Crippen LogP contribution < -0.4 is 0 Å². The highest BCUT2D eigenvalue weighted by atomic mass is 35.5. The summed E-state index contributed by atoms with van der Waals surface area (Å²) in [6.07, 6.45) is -0.451. The van der Waals surface area contributed by atoms with Gasteiger partial charge in [-0.3, -0.25) is 10.1 Å². The van der Waals surface area contributed by atoms with E-state index in [2.05, 4.69) is 0 Å². The maximum Gasteiger partial charge on any atom is 0.288 e.